The minimum atomic E-state index is -0.275. The van der Waals surface area contributed by atoms with Crippen molar-refractivity contribution in [1.82, 2.24) is 20.4 Å². The van der Waals surface area contributed by atoms with Gasteiger partial charge < -0.3 is 20.3 Å². The highest BCUT2D eigenvalue weighted by Gasteiger charge is 2.21. The second kappa shape index (κ2) is 8.68. The molecule has 0 spiro atoms. The van der Waals surface area contributed by atoms with Gasteiger partial charge in [-0.2, -0.15) is 5.10 Å². The van der Waals surface area contributed by atoms with E-state index in [0.29, 0.717) is 23.7 Å². The maximum absolute atomic E-state index is 12.5. The van der Waals surface area contributed by atoms with E-state index in [1.54, 1.807) is 38.4 Å². The van der Waals surface area contributed by atoms with Crippen molar-refractivity contribution in [2.45, 2.75) is 13.0 Å². The summed E-state index contributed by atoms with van der Waals surface area (Å²) in [6.07, 6.45) is 0.832. The predicted molar refractivity (Wildman–Crippen MR) is 99.8 cm³/mol. The lowest BCUT2D eigenvalue weighted by Crippen LogP contribution is -2.27. The number of carbonyl (C=O) groups excluding carboxylic acids is 2. The number of hydrogen-bond donors (Lipinski definition) is 3. The number of aromatic amines is 1. The van der Waals surface area contributed by atoms with Gasteiger partial charge in [0.2, 0.25) is 0 Å². The molecule has 26 heavy (non-hydrogen) atoms. The number of aromatic nitrogens is 2. The largest absolute Gasteiger partial charge is 0.484 e. The molecule has 0 bridgehead atoms. The van der Waals surface area contributed by atoms with E-state index in [2.05, 4.69) is 20.8 Å². The molecule has 0 saturated heterocycles. The Bertz CT molecular complexity index is 790. The Morgan fingerprint density at radius 3 is 2.92 bits per heavy atom. The van der Waals surface area contributed by atoms with Crippen molar-refractivity contribution >= 4 is 29.9 Å². The van der Waals surface area contributed by atoms with E-state index >= 15 is 0 Å². The third kappa shape index (κ3) is 4.53. The van der Waals surface area contributed by atoms with Gasteiger partial charge >= 0.3 is 0 Å². The zero-order valence-electron chi connectivity index (χ0n) is 14.7. The first-order chi connectivity index (χ1) is 12.0. The summed E-state index contributed by atoms with van der Waals surface area (Å²) in [5, 5.41) is 13.1. The van der Waals surface area contributed by atoms with E-state index in [-0.39, 0.29) is 30.8 Å². The molecule has 2 amide bonds. The molecular formula is C17H22ClN5O3. The molecular weight excluding hydrogens is 358 g/mol. The van der Waals surface area contributed by atoms with Crippen molar-refractivity contribution in [3.8, 4) is 5.75 Å². The molecule has 1 aromatic carbocycles. The average molecular weight is 380 g/mol. The number of H-pyrrole nitrogens is 1. The van der Waals surface area contributed by atoms with Gasteiger partial charge in [-0.3, -0.25) is 14.7 Å². The van der Waals surface area contributed by atoms with Crippen LogP contribution in [0.3, 0.4) is 0 Å². The zero-order valence-corrected chi connectivity index (χ0v) is 15.5. The fourth-order valence-corrected chi connectivity index (χ4v) is 2.54. The first-order valence-electron chi connectivity index (χ1n) is 8.06. The van der Waals surface area contributed by atoms with Crippen LogP contribution in [0.4, 0.5) is 5.69 Å². The Kier molecular flexibility index (Phi) is 6.59. The van der Waals surface area contributed by atoms with Crippen molar-refractivity contribution in [2.24, 2.45) is 0 Å². The third-order valence-corrected chi connectivity index (χ3v) is 3.97. The van der Waals surface area contributed by atoms with Gasteiger partial charge in [0, 0.05) is 56.6 Å². The number of amides is 2. The minimum Gasteiger partial charge on any atom is -0.484 e. The number of carbonyl (C=O) groups is 2. The maximum atomic E-state index is 12.5. The summed E-state index contributed by atoms with van der Waals surface area (Å²) >= 11 is 0. The van der Waals surface area contributed by atoms with Crippen LogP contribution < -0.4 is 15.4 Å². The lowest BCUT2D eigenvalue weighted by atomic mass is 10.1. The second-order valence-corrected chi connectivity index (χ2v) is 6.01. The number of fused-ring (bicyclic) bond motifs is 1. The van der Waals surface area contributed by atoms with Crippen LogP contribution in [0.2, 0.25) is 0 Å². The first kappa shape index (κ1) is 19.7. The molecule has 3 rings (SSSR count). The summed E-state index contributed by atoms with van der Waals surface area (Å²) in [6.45, 7) is 1.45. The van der Waals surface area contributed by atoms with E-state index < -0.39 is 0 Å². The molecule has 8 nitrogen and oxygen atoms in total. The molecule has 1 aromatic heterocycles. The molecule has 0 atom stereocenters. The Labute approximate surface area is 157 Å². The summed E-state index contributed by atoms with van der Waals surface area (Å²) in [6, 6.07) is 6.93. The monoisotopic (exact) mass is 379 g/mol. The van der Waals surface area contributed by atoms with Crippen LogP contribution in [-0.4, -0.2) is 54.2 Å². The van der Waals surface area contributed by atoms with Gasteiger partial charge in [-0.25, -0.2) is 0 Å². The summed E-state index contributed by atoms with van der Waals surface area (Å²) in [7, 11) is 3.34. The standard InChI is InChI=1S/C17H21N5O3.ClH/c1-22(2)15(23)10-25-12-5-3-4-11(8-12)19-17(24)16-13-9-18-7-6-14(13)20-21-16;/h3-5,8,18H,6-7,9-10H2,1-2H3,(H,19,24)(H,20,21);1H. The fraction of sp³-hybridized carbons (Fsp3) is 0.353. The second-order valence-electron chi connectivity index (χ2n) is 6.01. The lowest BCUT2D eigenvalue weighted by Gasteiger charge is -2.13. The molecule has 0 aliphatic carbocycles. The van der Waals surface area contributed by atoms with Crippen molar-refractivity contribution < 1.29 is 14.3 Å². The number of benzene rings is 1. The van der Waals surface area contributed by atoms with Gasteiger partial charge in [-0.05, 0) is 12.1 Å². The van der Waals surface area contributed by atoms with Crippen LogP contribution in [0.1, 0.15) is 21.7 Å². The molecule has 0 radical (unpaired) electrons. The quantitative estimate of drug-likeness (QED) is 0.724. The summed E-state index contributed by atoms with van der Waals surface area (Å²) in [5.74, 6) is 0.103. The van der Waals surface area contributed by atoms with Crippen LogP contribution in [0.15, 0.2) is 24.3 Å². The Hall–Kier alpha value is -2.58. The molecule has 1 aliphatic heterocycles. The molecule has 3 N–H and O–H groups in total. The minimum absolute atomic E-state index is 0. The molecule has 1 aliphatic rings. The smallest absolute Gasteiger partial charge is 0.276 e. The number of hydrogen-bond acceptors (Lipinski definition) is 5. The van der Waals surface area contributed by atoms with Gasteiger partial charge in [0.25, 0.3) is 11.8 Å². The normalized spacial score (nSPS) is 12.5. The highest BCUT2D eigenvalue weighted by atomic mass is 35.5. The number of likely N-dealkylation sites (N-methyl/N-ethyl adjacent to an activating group) is 1. The number of halogens is 1. The molecule has 9 heteroatoms. The molecule has 0 fully saturated rings. The van der Waals surface area contributed by atoms with Crippen LogP contribution >= 0.6 is 12.4 Å². The Morgan fingerprint density at radius 1 is 1.35 bits per heavy atom. The van der Waals surface area contributed by atoms with Crippen LogP contribution in [0, 0.1) is 0 Å². The van der Waals surface area contributed by atoms with Gasteiger partial charge in [0.1, 0.15) is 5.75 Å². The van der Waals surface area contributed by atoms with Crippen molar-refractivity contribution in [3.63, 3.8) is 0 Å². The van der Waals surface area contributed by atoms with E-state index in [9.17, 15) is 9.59 Å². The summed E-state index contributed by atoms with van der Waals surface area (Å²) in [4.78, 5) is 25.5. The van der Waals surface area contributed by atoms with E-state index in [1.807, 2.05) is 0 Å². The van der Waals surface area contributed by atoms with Crippen molar-refractivity contribution in [3.05, 3.63) is 41.2 Å². The molecule has 140 valence electrons. The zero-order chi connectivity index (χ0) is 17.8. The van der Waals surface area contributed by atoms with Gasteiger partial charge in [-0.1, -0.05) is 6.07 Å². The van der Waals surface area contributed by atoms with Crippen LogP contribution in [-0.2, 0) is 17.8 Å². The maximum Gasteiger partial charge on any atom is 0.276 e. The Morgan fingerprint density at radius 2 is 2.15 bits per heavy atom. The lowest BCUT2D eigenvalue weighted by molar-refractivity contribution is -0.130. The number of nitrogens with one attached hydrogen (secondary N) is 3. The summed E-state index contributed by atoms with van der Waals surface area (Å²) in [5.41, 5.74) is 2.90. The van der Waals surface area contributed by atoms with Crippen molar-refractivity contribution in [2.75, 3.05) is 32.6 Å². The highest BCUT2D eigenvalue weighted by molar-refractivity contribution is 6.04. The molecule has 2 heterocycles. The average Bonchev–Trinajstić information content (AvgIpc) is 3.04. The fourth-order valence-electron chi connectivity index (χ4n) is 2.54. The van der Waals surface area contributed by atoms with Crippen LogP contribution in [0.5, 0.6) is 5.75 Å². The number of nitrogens with zero attached hydrogens (tertiary/aromatic N) is 2. The van der Waals surface area contributed by atoms with Gasteiger partial charge in [0.05, 0.1) is 0 Å². The first-order valence-corrected chi connectivity index (χ1v) is 8.06. The predicted octanol–water partition coefficient (Wildman–Crippen LogP) is 1.20. The Balaban J connectivity index is 0.00000243. The van der Waals surface area contributed by atoms with E-state index in [4.69, 9.17) is 4.74 Å². The molecule has 0 saturated carbocycles. The van der Waals surface area contributed by atoms with E-state index in [1.165, 1.54) is 4.90 Å². The number of anilines is 1. The number of rotatable bonds is 5. The van der Waals surface area contributed by atoms with E-state index in [0.717, 1.165) is 24.2 Å². The molecule has 0 unspecified atom stereocenters. The highest BCUT2D eigenvalue weighted by Crippen LogP contribution is 2.20. The van der Waals surface area contributed by atoms with Gasteiger partial charge in [-0.15, -0.1) is 12.4 Å². The van der Waals surface area contributed by atoms with Gasteiger partial charge in [0.15, 0.2) is 12.3 Å². The van der Waals surface area contributed by atoms with Crippen LogP contribution in [0.25, 0.3) is 0 Å². The molecule has 2 aromatic rings. The van der Waals surface area contributed by atoms with Crippen molar-refractivity contribution in [1.29, 1.82) is 0 Å². The topological polar surface area (TPSA) is 99.3 Å². The number of ether oxygens (including phenoxy) is 1. The third-order valence-electron chi connectivity index (χ3n) is 3.97. The SMILES string of the molecule is CN(C)C(=O)COc1cccc(NC(=O)c2n[nH]c3c2CNCC3)c1.Cl. The summed E-state index contributed by atoms with van der Waals surface area (Å²) < 4.78 is 5.46.